The maximum absolute atomic E-state index is 11.5. The molecule has 0 atom stereocenters. The summed E-state index contributed by atoms with van der Waals surface area (Å²) >= 11 is 0. The fourth-order valence-electron chi connectivity index (χ4n) is 4.70. The Labute approximate surface area is 165 Å². The van der Waals surface area contributed by atoms with Gasteiger partial charge in [-0.1, -0.05) is 0 Å². The summed E-state index contributed by atoms with van der Waals surface area (Å²) in [5, 5.41) is 3.58. The van der Waals surface area contributed by atoms with Gasteiger partial charge in [0.05, 0.1) is 6.26 Å². The van der Waals surface area contributed by atoms with E-state index in [4.69, 9.17) is 4.98 Å². The van der Waals surface area contributed by atoms with Gasteiger partial charge in [0.1, 0.15) is 5.65 Å². The third kappa shape index (κ3) is 3.53. The molecule has 0 amide bonds. The summed E-state index contributed by atoms with van der Waals surface area (Å²) in [6.45, 7) is 1.06. The van der Waals surface area contributed by atoms with Gasteiger partial charge < -0.3 is 4.57 Å². The standard InChI is InChI=1S/C21H26N4O2S/c1-28(26,27)24-17-6-4-15(5-7-17)19-12-22-10-16-11-23-21-18(20(16)19)8-9-25(21)13-14-2-3-14/h8-12,14-15,17,24H,2-7,13H2,1H3. The van der Waals surface area contributed by atoms with Crippen molar-refractivity contribution in [1.82, 2.24) is 19.3 Å². The maximum atomic E-state index is 11.5. The molecule has 7 heteroatoms. The largest absolute Gasteiger partial charge is 0.332 e. The first-order valence-corrected chi connectivity index (χ1v) is 12.1. The molecule has 148 valence electrons. The molecule has 6 nitrogen and oxygen atoms in total. The number of nitrogens with zero attached hydrogens (tertiary/aromatic N) is 3. The lowest BCUT2D eigenvalue weighted by atomic mass is 9.81. The molecule has 3 heterocycles. The van der Waals surface area contributed by atoms with Crippen molar-refractivity contribution in [3.8, 4) is 0 Å². The first kappa shape index (κ1) is 18.1. The fraction of sp³-hybridized carbons (Fsp3) is 0.524. The van der Waals surface area contributed by atoms with Crippen LogP contribution >= 0.6 is 0 Å². The molecule has 2 fully saturated rings. The van der Waals surface area contributed by atoms with Crippen LogP contribution in [0.25, 0.3) is 21.8 Å². The molecular weight excluding hydrogens is 372 g/mol. The molecule has 28 heavy (non-hydrogen) atoms. The Hall–Kier alpha value is -1.99. The van der Waals surface area contributed by atoms with Crippen LogP contribution in [0.3, 0.4) is 0 Å². The highest BCUT2D eigenvalue weighted by molar-refractivity contribution is 7.88. The third-order valence-corrected chi connectivity index (χ3v) is 7.00. The van der Waals surface area contributed by atoms with Crippen molar-refractivity contribution < 1.29 is 8.42 Å². The van der Waals surface area contributed by atoms with Gasteiger partial charge in [-0.2, -0.15) is 0 Å². The van der Waals surface area contributed by atoms with E-state index in [1.165, 1.54) is 35.4 Å². The van der Waals surface area contributed by atoms with E-state index in [0.29, 0.717) is 5.92 Å². The van der Waals surface area contributed by atoms with Crippen LogP contribution in [0.5, 0.6) is 0 Å². The molecule has 3 aromatic rings. The molecule has 0 radical (unpaired) electrons. The van der Waals surface area contributed by atoms with Gasteiger partial charge in [-0.05, 0) is 62.0 Å². The van der Waals surface area contributed by atoms with E-state index in [1.807, 2.05) is 18.6 Å². The van der Waals surface area contributed by atoms with Crippen LogP contribution in [0, 0.1) is 5.92 Å². The zero-order chi connectivity index (χ0) is 19.3. The summed E-state index contributed by atoms with van der Waals surface area (Å²) in [4.78, 5) is 9.22. The zero-order valence-corrected chi connectivity index (χ0v) is 17.0. The number of sulfonamides is 1. The summed E-state index contributed by atoms with van der Waals surface area (Å²) in [5.41, 5.74) is 2.35. The van der Waals surface area contributed by atoms with Gasteiger partial charge in [-0.15, -0.1) is 0 Å². The van der Waals surface area contributed by atoms with Crippen molar-refractivity contribution in [2.45, 2.75) is 57.0 Å². The highest BCUT2D eigenvalue weighted by atomic mass is 32.2. The van der Waals surface area contributed by atoms with Crippen LogP contribution in [-0.4, -0.2) is 35.3 Å². The Kier molecular flexibility index (Phi) is 4.39. The molecule has 0 aliphatic heterocycles. The van der Waals surface area contributed by atoms with Gasteiger partial charge >= 0.3 is 0 Å². The highest BCUT2D eigenvalue weighted by Gasteiger charge is 2.27. The second-order valence-electron chi connectivity index (χ2n) is 8.54. The second kappa shape index (κ2) is 6.81. The van der Waals surface area contributed by atoms with E-state index in [2.05, 4.69) is 26.5 Å². The smallest absolute Gasteiger partial charge is 0.208 e. The Balaban J connectivity index is 1.48. The Bertz CT molecular complexity index is 1130. The number of hydrogen-bond donors (Lipinski definition) is 1. The minimum Gasteiger partial charge on any atom is -0.332 e. The van der Waals surface area contributed by atoms with E-state index in [1.54, 1.807) is 0 Å². The molecule has 0 spiro atoms. The molecular formula is C21H26N4O2S. The maximum Gasteiger partial charge on any atom is 0.208 e. The second-order valence-corrected chi connectivity index (χ2v) is 10.3. The van der Waals surface area contributed by atoms with Crippen LogP contribution in [-0.2, 0) is 16.6 Å². The zero-order valence-electron chi connectivity index (χ0n) is 16.1. The van der Waals surface area contributed by atoms with Gasteiger partial charge in [0, 0.05) is 53.5 Å². The van der Waals surface area contributed by atoms with E-state index in [-0.39, 0.29) is 6.04 Å². The first-order chi connectivity index (χ1) is 13.5. The average molecular weight is 399 g/mol. The van der Waals surface area contributed by atoms with Gasteiger partial charge in [-0.3, -0.25) is 4.98 Å². The van der Waals surface area contributed by atoms with Crippen molar-refractivity contribution >= 4 is 31.8 Å². The number of rotatable bonds is 5. The lowest BCUT2D eigenvalue weighted by molar-refractivity contribution is 0.375. The quantitative estimate of drug-likeness (QED) is 0.713. The van der Waals surface area contributed by atoms with Crippen LogP contribution in [0.1, 0.15) is 50.0 Å². The molecule has 1 N–H and O–H groups in total. The van der Waals surface area contributed by atoms with E-state index in [9.17, 15) is 8.42 Å². The SMILES string of the molecule is CS(=O)(=O)NC1CCC(c2cncc3cnc4c(ccn4CC4CC4)c23)CC1. The minimum atomic E-state index is -3.14. The number of nitrogens with one attached hydrogen (secondary N) is 1. The lowest BCUT2D eigenvalue weighted by Gasteiger charge is -2.29. The number of hydrogen-bond acceptors (Lipinski definition) is 4. The van der Waals surface area contributed by atoms with Crippen LogP contribution < -0.4 is 4.72 Å². The van der Waals surface area contributed by atoms with Gasteiger partial charge in [0.2, 0.25) is 10.0 Å². The third-order valence-electron chi connectivity index (χ3n) is 6.23. The first-order valence-electron chi connectivity index (χ1n) is 10.2. The van der Waals surface area contributed by atoms with Crippen molar-refractivity contribution in [3.05, 3.63) is 36.4 Å². The summed E-state index contributed by atoms with van der Waals surface area (Å²) in [6, 6.07) is 2.25. The van der Waals surface area contributed by atoms with Crippen LogP contribution in [0.15, 0.2) is 30.9 Å². The molecule has 0 aromatic carbocycles. The predicted octanol–water partition coefficient (Wildman–Crippen LogP) is 3.57. The van der Waals surface area contributed by atoms with Crippen molar-refractivity contribution in [1.29, 1.82) is 0 Å². The number of aromatic nitrogens is 3. The van der Waals surface area contributed by atoms with E-state index in [0.717, 1.165) is 49.2 Å². The van der Waals surface area contributed by atoms with Crippen molar-refractivity contribution in [2.24, 2.45) is 5.92 Å². The normalized spacial score (nSPS) is 23.5. The molecule has 2 aliphatic rings. The fourth-order valence-corrected chi connectivity index (χ4v) is 5.54. The summed E-state index contributed by atoms with van der Waals surface area (Å²) < 4.78 is 28.1. The minimum absolute atomic E-state index is 0.0514. The molecule has 0 saturated heterocycles. The van der Waals surface area contributed by atoms with Gasteiger partial charge in [0.25, 0.3) is 0 Å². The number of fused-ring (bicyclic) bond motifs is 3. The van der Waals surface area contributed by atoms with E-state index >= 15 is 0 Å². The summed E-state index contributed by atoms with van der Waals surface area (Å²) in [6.07, 6.45) is 15.6. The monoisotopic (exact) mass is 398 g/mol. The van der Waals surface area contributed by atoms with Crippen LogP contribution in [0.2, 0.25) is 0 Å². The number of pyridine rings is 2. The lowest BCUT2D eigenvalue weighted by Crippen LogP contribution is -2.36. The molecule has 3 aromatic heterocycles. The van der Waals surface area contributed by atoms with Gasteiger partial charge in [-0.25, -0.2) is 18.1 Å². The Morgan fingerprint density at radius 1 is 1.11 bits per heavy atom. The molecule has 5 rings (SSSR count). The Morgan fingerprint density at radius 3 is 2.61 bits per heavy atom. The topological polar surface area (TPSA) is 76.9 Å². The van der Waals surface area contributed by atoms with Crippen molar-refractivity contribution in [3.63, 3.8) is 0 Å². The predicted molar refractivity (Wildman–Crippen MR) is 111 cm³/mol. The molecule has 0 bridgehead atoms. The summed E-state index contributed by atoms with van der Waals surface area (Å²) in [7, 11) is -3.14. The molecule has 2 saturated carbocycles. The summed E-state index contributed by atoms with van der Waals surface area (Å²) in [5.74, 6) is 1.22. The molecule has 0 unspecified atom stereocenters. The Morgan fingerprint density at radius 2 is 1.89 bits per heavy atom. The van der Waals surface area contributed by atoms with Crippen LogP contribution in [0.4, 0.5) is 0 Å². The molecule has 2 aliphatic carbocycles. The van der Waals surface area contributed by atoms with Gasteiger partial charge in [0.15, 0.2) is 0 Å². The van der Waals surface area contributed by atoms with E-state index < -0.39 is 10.0 Å². The highest BCUT2D eigenvalue weighted by Crippen LogP contribution is 2.39. The average Bonchev–Trinajstić information content (AvgIpc) is 3.39. The van der Waals surface area contributed by atoms with Crippen molar-refractivity contribution in [2.75, 3.05) is 6.26 Å².